The third-order valence-electron chi connectivity index (χ3n) is 2.62. The molecule has 19 heavy (non-hydrogen) atoms. The van der Waals surface area contributed by atoms with Crippen molar-refractivity contribution in [1.82, 2.24) is 15.1 Å². The van der Waals surface area contributed by atoms with Gasteiger partial charge in [-0.05, 0) is 18.7 Å². The Labute approximate surface area is 109 Å². The molecular formula is C12H13FN4O2. The van der Waals surface area contributed by atoms with Gasteiger partial charge < -0.3 is 5.32 Å². The minimum atomic E-state index is -0.829. The Kier molecular flexibility index (Phi) is 3.86. The van der Waals surface area contributed by atoms with E-state index < -0.39 is 16.4 Å². The van der Waals surface area contributed by atoms with Gasteiger partial charge in [-0.2, -0.15) is 9.49 Å². The van der Waals surface area contributed by atoms with Gasteiger partial charge in [-0.25, -0.2) is 0 Å². The van der Waals surface area contributed by atoms with E-state index in [0.29, 0.717) is 18.7 Å². The fourth-order valence-corrected chi connectivity index (χ4v) is 1.77. The molecule has 0 amide bonds. The van der Waals surface area contributed by atoms with E-state index in [0.717, 1.165) is 11.6 Å². The lowest BCUT2D eigenvalue weighted by atomic mass is 10.2. The Balaban J connectivity index is 2.14. The van der Waals surface area contributed by atoms with Crippen molar-refractivity contribution in [2.45, 2.75) is 13.1 Å². The van der Waals surface area contributed by atoms with Gasteiger partial charge in [-0.3, -0.25) is 14.8 Å². The molecule has 7 heteroatoms. The van der Waals surface area contributed by atoms with Crippen LogP contribution in [-0.4, -0.2) is 21.8 Å². The number of halogens is 1. The van der Waals surface area contributed by atoms with Crippen LogP contribution < -0.4 is 5.32 Å². The number of nitrogens with zero attached hydrogens (tertiary/aromatic N) is 3. The number of hydrogen-bond donors (Lipinski definition) is 1. The van der Waals surface area contributed by atoms with E-state index in [9.17, 15) is 14.5 Å². The van der Waals surface area contributed by atoms with Crippen molar-refractivity contribution >= 4 is 5.69 Å². The number of benzene rings is 1. The number of rotatable bonds is 5. The molecule has 0 saturated heterocycles. The predicted molar refractivity (Wildman–Crippen MR) is 67.1 cm³/mol. The molecule has 0 aliphatic rings. The monoisotopic (exact) mass is 264 g/mol. The predicted octanol–water partition coefficient (Wildman–Crippen LogP) is 1.70. The van der Waals surface area contributed by atoms with Crippen LogP contribution in [-0.2, 0) is 13.1 Å². The van der Waals surface area contributed by atoms with E-state index >= 15 is 0 Å². The van der Waals surface area contributed by atoms with Crippen LogP contribution in [0.15, 0.2) is 30.6 Å². The smallest absolute Gasteiger partial charge is 0.304 e. The summed E-state index contributed by atoms with van der Waals surface area (Å²) in [5.74, 6) is -0.829. The van der Waals surface area contributed by atoms with Crippen molar-refractivity contribution in [2.75, 3.05) is 7.05 Å². The maximum atomic E-state index is 13.4. The van der Waals surface area contributed by atoms with Crippen LogP contribution in [0.5, 0.6) is 0 Å². The highest BCUT2D eigenvalue weighted by Crippen LogP contribution is 2.18. The maximum Gasteiger partial charge on any atom is 0.304 e. The first-order valence-corrected chi connectivity index (χ1v) is 5.69. The summed E-state index contributed by atoms with van der Waals surface area (Å²) in [4.78, 5) is 9.77. The summed E-state index contributed by atoms with van der Waals surface area (Å²) < 4.78 is 15.1. The zero-order valence-electron chi connectivity index (χ0n) is 10.3. The van der Waals surface area contributed by atoms with Crippen LogP contribution >= 0.6 is 0 Å². The van der Waals surface area contributed by atoms with Crippen LogP contribution in [0.1, 0.15) is 11.1 Å². The number of nitrogens with one attached hydrogen (secondary N) is 1. The standard InChI is InChI=1S/C12H13FN4O2/c1-14-5-10-6-15-16(8-10)7-9-2-3-12(17(18)19)11(13)4-9/h2-4,6,8,14H,5,7H2,1H3. The minimum absolute atomic E-state index is 0.374. The summed E-state index contributed by atoms with van der Waals surface area (Å²) in [5, 5.41) is 17.6. The van der Waals surface area contributed by atoms with Crippen LogP contribution in [0.3, 0.4) is 0 Å². The largest absolute Gasteiger partial charge is 0.316 e. The number of hydrogen-bond acceptors (Lipinski definition) is 4. The molecule has 100 valence electrons. The molecule has 0 spiro atoms. The van der Waals surface area contributed by atoms with Gasteiger partial charge in [-0.15, -0.1) is 0 Å². The van der Waals surface area contributed by atoms with E-state index in [1.54, 1.807) is 10.9 Å². The Morgan fingerprint density at radius 1 is 1.47 bits per heavy atom. The second kappa shape index (κ2) is 5.57. The molecule has 0 saturated carbocycles. The number of aromatic nitrogens is 2. The molecule has 0 aliphatic carbocycles. The lowest BCUT2D eigenvalue weighted by Gasteiger charge is -2.02. The summed E-state index contributed by atoms with van der Waals surface area (Å²) in [6.45, 7) is 1.08. The zero-order chi connectivity index (χ0) is 13.8. The van der Waals surface area contributed by atoms with Crippen molar-refractivity contribution in [3.05, 3.63) is 57.7 Å². The Morgan fingerprint density at radius 2 is 2.26 bits per heavy atom. The van der Waals surface area contributed by atoms with Gasteiger partial charge in [-0.1, -0.05) is 6.07 Å². The van der Waals surface area contributed by atoms with Crippen LogP contribution in [0.2, 0.25) is 0 Å². The highest BCUT2D eigenvalue weighted by Gasteiger charge is 2.13. The molecule has 1 aromatic carbocycles. The highest BCUT2D eigenvalue weighted by atomic mass is 19.1. The molecule has 0 atom stereocenters. The first kappa shape index (κ1) is 13.2. The average molecular weight is 264 g/mol. The Bertz CT molecular complexity index is 597. The van der Waals surface area contributed by atoms with Gasteiger partial charge in [0.25, 0.3) is 0 Å². The average Bonchev–Trinajstić information content (AvgIpc) is 2.76. The second-order valence-corrected chi connectivity index (χ2v) is 4.12. The summed E-state index contributed by atoms with van der Waals surface area (Å²) in [7, 11) is 1.84. The normalized spacial score (nSPS) is 10.6. The molecule has 1 heterocycles. The van der Waals surface area contributed by atoms with E-state index in [1.165, 1.54) is 12.1 Å². The minimum Gasteiger partial charge on any atom is -0.316 e. The van der Waals surface area contributed by atoms with Crippen molar-refractivity contribution in [3.8, 4) is 0 Å². The quantitative estimate of drug-likeness (QED) is 0.659. The molecule has 0 bridgehead atoms. The SMILES string of the molecule is CNCc1cnn(Cc2ccc([N+](=O)[O-])c(F)c2)c1. The van der Waals surface area contributed by atoms with E-state index in [1.807, 2.05) is 13.2 Å². The third kappa shape index (κ3) is 3.14. The van der Waals surface area contributed by atoms with Crippen molar-refractivity contribution in [3.63, 3.8) is 0 Å². The van der Waals surface area contributed by atoms with Gasteiger partial charge >= 0.3 is 5.69 Å². The summed E-state index contributed by atoms with van der Waals surface area (Å²) in [6, 6.07) is 3.86. The highest BCUT2D eigenvalue weighted by molar-refractivity contribution is 5.35. The summed E-state index contributed by atoms with van der Waals surface area (Å²) in [6.07, 6.45) is 3.56. The molecule has 1 aromatic heterocycles. The van der Waals surface area contributed by atoms with Crippen LogP contribution in [0, 0.1) is 15.9 Å². The fourth-order valence-electron chi connectivity index (χ4n) is 1.77. The molecule has 2 aromatic rings. The molecule has 0 unspecified atom stereocenters. The summed E-state index contributed by atoms with van der Waals surface area (Å²) in [5.41, 5.74) is 1.13. The number of nitro benzene ring substituents is 1. The lowest BCUT2D eigenvalue weighted by Crippen LogP contribution is -2.04. The van der Waals surface area contributed by atoms with Crippen LogP contribution in [0.4, 0.5) is 10.1 Å². The summed E-state index contributed by atoms with van der Waals surface area (Å²) >= 11 is 0. The topological polar surface area (TPSA) is 73.0 Å². The third-order valence-corrected chi connectivity index (χ3v) is 2.62. The molecular weight excluding hydrogens is 251 g/mol. The lowest BCUT2D eigenvalue weighted by molar-refractivity contribution is -0.387. The van der Waals surface area contributed by atoms with Gasteiger partial charge in [0.2, 0.25) is 5.82 Å². The Hall–Kier alpha value is -2.28. The van der Waals surface area contributed by atoms with Gasteiger partial charge in [0.1, 0.15) is 0 Å². The zero-order valence-corrected chi connectivity index (χ0v) is 10.3. The van der Waals surface area contributed by atoms with E-state index in [2.05, 4.69) is 10.4 Å². The molecule has 6 nitrogen and oxygen atoms in total. The van der Waals surface area contributed by atoms with Crippen molar-refractivity contribution in [2.24, 2.45) is 0 Å². The Morgan fingerprint density at radius 3 is 2.89 bits per heavy atom. The van der Waals surface area contributed by atoms with Crippen molar-refractivity contribution < 1.29 is 9.31 Å². The van der Waals surface area contributed by atoms with Crippen molar-refractivity contribution in [1.29, 1.82) is 0 Å². The molecule has 0 fully saturated rings. The van der Waals surface area contributed by atoms with E-state index in [4.69, 9.17) is 0 Å². The van der Waals surface area contributed by atoms with Gasteiger partial charge in [0.05, 0.1) is 17.7 Å². The first-order chi connectivity index (χ1) is 9.10. The first-order valence-electron chi connectivity index (χ1n) is 5.69. The molecule has 1 N–H and O–H groups in total. The van der Waals surface area contributed by atoms with E-state index in [-0.39, 0.29) is 0 Å². The van der Waals surface area contributed by atoms with Crippen LogP contribution in [0.25, 0.3) is 0 Å². The fraction of sp³-hybridized carbons (Fsp3) is 0.250. The van der Waals surface area contributed by atoms with Gasteiger partial charge in [0.15, 0.2) is 0 Å². The maximum absolute atomic E-state index is 13.4. The van der Waals surface area contributed by atoms with Gasteiger partial charge in [0, 0.05) is 24.4 Å². The number of nitro groups is 1. The molecule has 0 radical (unpaired) electrons. The molecule has 0 aliphatic heterocycles. The molecule has 2 rings (SSSR count). The second-order valence-electron chi connectivity index (χ2n) is 4.12.